The summed E-state index contributed by atoms with van der Waals surface area (Å²) >= 11 is 0. The quantitative estimate of drug-likeness (QED) is 0.624. The molecule has 1 amide bonds. The number of amides is 1. The van der Waals surface area contributed by atoms with Crippen molar-refractivity contribution in [3.8, 4) is 11.8 Å². The van der Waals surface area contributed by atoms with E-state index in [1.807, 2.05) is 25.3 Å². The minimum Gasteiger partial charge on any atom is -0.375 e. The van der Waals surface area contributed by atoms with Gasteiger partial charge in [-0.3, -0.25) is 9.78 Å². The maximum absolute atomic E-state index is 13.2. The van der Waals surface area contributed by atoms with Gasteiger partial charge in [-0.2, -0.15) is 0 Å². The summed E-state index contributed by atoms with van der Waals surface area (Å²) in [5.41, 5.74) is 3.22. The molecule has 3 atom stereocenters. The van der Waals surface area contributed by atoms with Crippen LogP contribution in [0.1, 0.15) is 30.3 Å². The molecule has 4 heterocycles. The van der Waals surface area contributed by atoms with E-state index in [-0.39, 0.29) is 18.4 Å². The number of ether oxygens (including phenoxy) is 1. The Bertz CT molecular complexity index is 1270. The molecular weight excluding hydrogens is 421 g/mol. The van der Waals surface area contributed by atoms with E-state index in [2.05, 4.69) is 43.9 Å². The Labute approximate surface area is 191 Å². The number of fused-ring (bicyclic) bond motifs is 1. The number of aromatic nitrogens is 3. The molecule has 5 rings (SSSR count). The van der Waals surface area contributed by atoms with E-state index in [1.165, 1.54) is 0 Å². The molecule has 1 aliphatic heterocycles. The van der Waals surface area contributed by atoms with E-state index >= 15 is 0 Å². The lowest BCUT2D eigenvalue weighted by Gasteiger charge is -2.32. The van der Waals surface area contributed by atoms with Crippen LogP contribution in [0.25, 0.3) is 10.8 Å². The van der Waals surface area contributed by atoms with Crippen LogP contribution in [0, 0.1) is 24.7 Å². The van der Waals surface area contributed by atoms with Gasteiger partial charge in [-0.1, -0.05) is 5.92 Å². The first-order valence-corrected chi connectivity index (χ1v) is 11.0. The Balaban J connectivity index is 1.39. The predicted molar refractivity (Wildman–Crippen MR) is 124 cm³/mol. The molecule has 8 heteroatoms. The zero-order valence-electron chi connectivity index (χ0n) is 18.5. The molecule has 3 aromatic heterocycles. The number of halogens is 1. The maximum atomic E-state index is 13.2. The van der Waals surface area contributed by atoms with Gasteiger partial charge in [-0.05, 0) is 44.4 Å². The molecule has 7 nitrogen and oxygen atoms in total. The first kappa shape index (κ1) is 21.3. The predicted octanol–water partition coefficient (Wildman–Crippen LogP) is 3.25. The van der Waals surface area contributed by atoms with E-state index in [0.717, 1.165) is 35.2 Å². The first-order valence-electron chi connectivity index (χ1n) is 11.0. The lowest BCUT2D eigenvalue weighted by atomic mass is 10.1. The summed E-state index contributed by atoms with van der Waals surface area (Å²) in [4.78, 5) is 27.6. The van der Waals surface area contributed by atoms with Crippen LogP contribution in [-0.4, -0.2) is 52.8 Å². The van der Waals surface area contributed by atoms with Crippen molar-refractivity contribution in [3.05, 3.63) is 53.7 Å². The molecule has 0 aromatic carbocycles. The Hall–Kier alpha value is -3.57. The Morgan fingerprint density at radius 1 is 1.18 bits per heavy atom. The van der Waals surface area contributed by atoms with Gasteiger partial charge in [0, 0.05) is 41.9 Å². The van der Waals surface area contributed by atoms with Gasteiger partial charge in [0.2, 0.25) is 5.91 Å². The number of rotatable bonds is 3. The van der Waals surface area contributed by atoms with Crippen LogP contribution in [0.3, 0.4) is 0 Å². The highest BCUT2D eigenvalue weighted by Crippen LogP contribution is 2.34. The van der Waals surface area contributed by atoms with Gasteiger partial charge in [0.25, 0.3) is 0 Å². The first-order chi connectivity index (χ1) is 16.0. The minimum absolute atomic E-state index is 0.201. The van der Waals surface area contributed by atoms with Crippen molar-refractivity contribution in [2.24, 2.45) is 5.92 Å². The SMILES string of the molecule is Cc1ncc(C#Cc2ccc(N3CCO[C@@H](C)C3)cn2)c2cc(NC(=O)[C@H]3C[C@H]3F)ncc12. The van der Waals surface area contributed by atoms with E-state index in [4.69, 9.17) is 4.74 Å². The van der Waals surface area contributed by atoms with Crippen LogP contribution >= 0.6 is 0 Å². The summed E-state index contributed by atoms with van der Waals surface area (Å²) in [7, 11) is 0. The number of carbonyl (C=O) groups is 1. The number of pyridine rings is 3. The molecule has 1 saturated heterocycles. The topological polar surface area (TPSA) is 80.2 Å². The third-order valence-corrected chi connectivity index (χ3v) is 5.95. The summed E-state index contributed by atoms with van der Waals surface area (Å²) in [5.74, 6) is 5.72. The van der Waals surface area contributed by atoms with Crippen molar-refractivity contribution < 1.29 is 13.9 Å². The van der Waals surface area contributed by atoms with Crippen molar-refractivity contribution in [1.29, 1.82) is 0 Å². The monoisotopic (exact) mass is 445 g/mol. The molecular formula is C25H24FN5O2. The molecule has 0 spiro atoms. The molecule has 0 bridgehead atoms. The number of aryl methyl sites for hydroxylation is 1. The third-order valence-electron chi connectivity index (χ3n) is 5.95. The molecule has 2 fully saturated rings. The molecule has 3 aromatic rings. The van der Waals surface area contributed by atoms with Crippen LogP contribution in [0.15, 0.2) is 36.8 Å². The van der Waals surface area contributed by atoms with Gasteiger partial charge in [0.1, 0.15) is 17.7 Å². The van der Waals surface area contributed by atoms with E-state index in [1.54, 1.807) is 18.5 Å². The summed E-state index contributed by atoms with van der Waals surface area (Å²) in [6.45, 7) is 6.35. The summed E-state index contributed by atoms with van der Waals surface area (Å²) in [6.07, 6.45) is 4.63. The van der Waals surface area contributed by atoms with Gasteiger partial charge in [0.05, 0.1) is 36.1 Å². The van der Waals surface area contributed by atoms with Gasteiger partial charge >= 0.3 is 0 Å². The number of carbonyl (C=O) groups excluding carboxylic acids is 1. The van der Waals surface area contributed by atoms with Gasteiger partial charge in [0.15, 0.2) is 0 Å². The van der Waals surface area contributed by atoms with Crippen LogP contribution < -0.4 is 10.2 Å². The smallest absolute Gasteiger partial charge is 0.231 e. The molecule has 0 unspecified atom stereocenters. The average molecular weight is 445 g/mol. The number of hydrogen-bond donors (Lipinski definition) is 1. The second-order valence-electron chi connectivity index (χ2n) is 8.50. The fraction of sp³-hybridized carbons (Fsp3) is 0.360. The molecule has 1 saturated carbocycles. The van der Waals surface area contributed by atoms with Gasteiger partial charge in [-0.25, -0.2) is 14.4 Å². The number of anilines is 2. The van der Waals surface area contributed by atoms with Crippen LogP contribution in [0.2, 0.25) is 0 Å². The van der Waals surface area contributed by atoms with Crippen LogP contribution in [0.5, 0.6) is 0 Å². The zero-order chi connectivity index (χ0) is 22.9. The summed E-state index contributed by atoms with van der Waals surface area (Å²) in [5, 5.41) is 4.38. The highest BCUT2D eigenvalue weighted by atomic mass is 19.1. The fourth-order valence-corrected chi connectivity index (χ4v) is 3.92. The zero-order valence-corrected chi connectivity index (χ0v) is 18.5. The number of morpholine rings is 1. The van der Waals surface area contributed by atoms with E-state index < -0.39 is 12.1 Å². The standard InChI is InChI=1S/C25H24FN5O2/c1-15-14-31(7-8-33-15)19-6-5-18(28-12-19)4-3-17-11-27-16(2)22-13-29-24(10-20(17)22)30-25(32)21-9-23(21)26/h5-6,10-13,15,21,23H,7-9,14H2,1-2H3,(H,29,30,32)/t15-,21-,23+/m0/s1. The van der Waals surface area contributed by atoms with Crippen LogP contribution in [-0.2, 0) is 9.53 Å². The van der Waals surface area contributed by atoms with Crippen molar-refractivity contribution in [2.45, 2.75) is 32.5 Å². The Kier molecular flexibility index (Phi) is 5.65. The Morgan fingerprint density at radius 2 is 2.03 bits per heavy atom. The highest BCUT2D eigenvalue weighted by Gasteiger charge is 2.43. The molecule has 0 radical (unpaired) electrons. The largest absolute Gasteiger partial charge is 0.375 e. The lowest BCUT2D eigenvalue weighted by Crippen LogP contribution is -2.41. The highest BCUT2D eigenvalue weighted by molar-refractivity contribution is 5.97. The molecule has 168 valence electrons. The molecule has 33 heavy (non-hydrogen) atoms. The van der Waals surface area contributed by atoms with Gasteiger partial charge < -0.3 is 15.0 Å². The molecule has 2 aliphatic rings. The minimum atomic E-state index is -1.05. The van der Waals surface area contributed by atoms with Crippen molar-refractivity contribution in [1.82, 2.24) is 15.0 Å². The van der Waals surface area contributed by atoms with E-state index in [0.29, 0.717) is 23.7 Å². The molecule has 1 N–H and O–H groups in total. The van der Waals surface area contributed by atoms with E-state index in [9.17, 15) is 9.18 Å². The number of alkyl halides is 1. The molecule has 1 aliphatic carbocycles. The summed E-state index contributed by atoms with van der Waals surface area (Å²) in [6, 6.07) is 5.69. The van der Waals surface area contributed by atoms with Gasteiger partial charge in [-0.15, -0.1) is 0 Å². The number of nitrogens with one attached hydrogen (secondary N) is 1. The maximum Gasteiger partial charge on any atom is 0.231 e. The van der Waals surface area contributed by atoms with Crippen molar-refractivity contribution in [2.75, 3.05) is 29.9 Å². The normalized spacial score (nSPS) is 21.9. The second-order valence-corrected chi connectivity index (χ2v) is 8.50. The Morgan fingerprint density at radius 3 is 2.76 bits per heavy atom. The fourth-order valence-electron chi connectivity index (χ4n) is 3.92. The second kappa shape index (κ2) is 8.75. The average Bonchev–Trinajstić information content (AvgIpc) is 3.56. The van der Waals surface area contributed by atoms with Crippen molar-refractivity contribution in [3.63, 3.8) is 0 Å². The summed E-state index contributed by atoms with van der Waals surface area (Å²) < 4.78 is 18.8. The van der Waals surface area contributed by atoms with Crippen molar-refractivity contribution >= 4 is 28.2 Å². The lowest BCUT2D eigenvalue weighted by molar-refractivity contribution is -0.117. The third kappa shape index (κ3) is 4.64. The number of nitrogens with zero attached hydrogens (tertiary/aromatic N) is 4. The van der Waals surface area contributed by atoms with Crippen LogP contribution in [0.4, 0.5) is 15.9 Å². The number of hydrogen-bond acceptors (Lipinski definition) is 6.